The summed E-state index contributed by atoms with van der Waals surface area (Å²) in [6.45, 7) is 6.33. The molecule has 1 heterocycles. The van der Waals surface area contributed by atoms with Crippen molar-refractivity contribution in [1.29, 1.82) is 5.41 Å². The second-order valence-corrected chi connectivity index (χ2v) is 10.7. The van der Waals surface area contributed by atoms with Crippen molar-refractivity contribution in [2.75, 3.05) is 13.7 Å². The van der Waals surface area contributed by atoms with E-state index in [1.54, 1.807) is 18.2 Å². The minimum atomic E-state index is -0.960. The van der Waals surface area contributed by atoms with Crippen LogP contribution in [0.4, 0.5) is 4.79 Å². The average molecular weight is 556 g/mol. The fourth-order valence-electron chi connectivity index (χ4n) is 4.92. The normalized spacial score (nSPS) is 18.5. The van der Waals surface area contributed by atoms with Crippen LogP contribution in [0.15, 0.2) is 54.6 Å². The van der Waals surface area contributed by atoms with Crippen molar-refractivity contribution < 1.29 is 19.1 Å². The Balaban J connectivity index is 1.61. The van der Waals surface area contributed by atoms with Gasteiger partial charge in [0, 0.05) is 24.0 Å². The monoisotopic (exact) mass is 555 g/mol. The maximum atomic E-state index is 13.6. The van der Waals surface area contributed by atoms with Crippen LogP contribution in [-0.4, -0.2) is 54.5 Å². The van der Waals surface area contributed by atoms with Crippen LogP contribution in [-0.2, 0) is 26.3 Å². The number of methoxy groups -OCH3 is 1. The Morgan fingerprint density at radius 2 is 1.74 bits per heavy atom. The number of benzene rings is 2. The molecule has 39 heavy (non-hydrogen) atoms. The zero-order chi connectivity index (χ0) is 28.6. The summed E-state index contributed by atoms with van der Waals surface area (Å²) in [5, 5.41) is 17.7. The van der Waals surface area contributed by atoms with Crippen LogP contribution in [0.5, 0.6) is 0 Å². The number of halogens is 1. The van der Waals surface area contributed by atoms with Crippen molar-refractivity contribution in [2.45, 2.75) is 64.1 Å². The topological polar surface area (TPSA) is 124 Å². The first-order valence-corrected chi connectivity index (χ1v) is 13.6. The van der Waals surface area contributed by atoms with Crippen LogP contribution in [0.1, 0.15) is 51.2 Å². The molecule has 2 aromatic rings. The average Bonchev–Trinajstić information content (AvgIpc) is 3.14. The first-order valence-electron chi connectivity index (χ1n) is 13.2. The maximum absolute atomic E-state index is 13.6. The Morgan fingerprint density at radius 3 is 2.38 bits per heavy atom. The predicted octanol–water partition coefficient (Wildman–Crippen LogP) is 4.20. The molecule has 3 rings (SSSR count). The zero-order valence-corrected chi connectivity index (χ0v) is 23.7. The van der Waals surface area contributed by atoms with Gasteiger partial charge in [0.1, 0.15) is 11.6 Å². The van der Waals surface area contributed by atoms with Crippen LogP contribution < -0.4 is 16.0 Å². The third kappa shape index (κ3) is 7.50. The maximum Gasteiger partial charge on any atom is 0.407 e. The molecule has 0 radical (unpaired) electrons. The minimum absolute atomic E-state index is 0.0864. The number of carbonyl (C=O) groups excluding carboxylic acids is 3. The van der Waals surface area contributed by atoms with Gasteiger partial charge in [-0.25, -0.2) is 4.79 Å². The molecule has 0 spiro atoms. The largest absolute Gasteiger partial charge is 0.453 e. The molecule has 1 fully saturated rings. The van der Waals surface area contributed by atoms with Crippen molar-refractivity contribution in [1.82, 2.24) is 20.9 Å². The molecule has 0 saturated carbocycles. The Labute approximate surface area is 235 Å². The van der Waals surface area contributed by atoms with E-state index in [1.165, 1.54) is 12.0 Å². The van der Waals surface area contributed by atoms with E-state index in [4.69, 9.17) is 21.7 Å². The molecule has 0 aliphatic carbocycles. The SMILES string of the molecule is COC(=O)N[C@@H](Cc1ccccc1Cl)C(=O)N[C@@H](C)CCCN1C(=N)N[C@](CC(C)C)(c2ccccc2)C1=O. The van der Waals surface area contributed by atoms with Gasteiger partial charge in [0.15, 0.2) is 5.96 Å². The van der Waals surface area contributed by atoms with Crippen molar-refractivity contribution >= 4 is 35.5 Å². The van der Waals surface area contributed by atoms with E-state index in [-0.39, 0.29) is 36.2 Å². The Kier molecular flexibility index (Phi) is 10.3. The van der Waals surface area contributed by atoms with Crippen molar-refractivity contribution in [3.8, 4) is 0 Å². The number of hydrogen-bond acceptors (Lipinski definition) is 5. The predicted molar refractivity (Wildman–Crippen MR) is 151 cm³/mol. The smallest absolute Gasteiger partial charge is 0.407 e. The van der Waals surface area contributed by atoms with E-state index in [0.29, 0.717) is 30.8 Å². The zero-order valence-electron chi connectivity index (χ0n) is 22.9. The van der Waals surface area contributed by atoms with Crippen molar-refractivity contribution in [3.63, 3.8) is 0 Å². The van der Waals surface area contributed by atoms with Gasteiger partial charge in [-0.05, 0) is 49.3 Å². The lowest BCUT2D eigenvalue weighted by molar-refractivity contribution is -0.132. The molecule has 1 saturated heterocycles. The standard InChI is InChI=1S/C29H38ClN5O4/c1-19(2)18-29(22-13-6-5-7-14-22)26(37)35(27(31)34-29)16-10-11-20(3)32-25(36)24(33-28(38)39-4)17-21-12-8-9-15-23(21)30/h5-9,12-15,19-20,24H,10-11,16-18H2,1-4H3,(H2,31,34)(H,32,36)(H,33,38)/t20-,24-,29+/m0/s1. The molecule has 0 aromatic heterocycles. The fraction of sp³-hybridized carbons (Fsp3) is 0.448. The minimum Gasteiger partial charge on any atom is -0.453 e. The molecular weight excluding hydrogens is 518 g/mol. The Morgan fingerprint density at radius 1 is 1.08 bits per heavy atom. The van der Waals surface area contributed by atoms with Gasteiger partial charge in [0.2, 0.25) is 5.91 Å². The highest BCUT2D eigenvalue weighted by molar-refractivity contribution is 6.31. The van der Waals surface area contributed by atoms with E-state index in [9.17, 15) is 14.4 Å². The number of nitrogens with zero attached hydrogens (tertiary/aromatic N) is 1. The summed E-state index contributed by atoms with van der Waals surface area (Å²) in [4.78, 5) is 40.1. The third-order valence-electron chi connectivity index (χ3n) is 6.78. The first kappa shape index (κ1) is 30.0. The summed E-state index contributed by atoms with van der Waals surface area (Å²) in [7, 11) is 1.24. The van der Waals surface area contributed by atoms with Gasteiger partial charge in [0.25, 0.3) is 5.91 Å². The molecule has 9 nitrogen and oxygen atoms in total. The van der Waals surface area contributed by atoms with Crippen molar-refractivity contribution in [3.05, 3.63) is 70.7 Å². The summed E-state index contributed by atoms with van der Waals surface area (Å²) in [6, 6.07) is 15.6. The molecule has 1 aliphatic heterocycles. The highest BCUT2D eigenvalue weighted by Gasteiger charge is 2.50. The molecule has 0 unspecified atom stereocenters. The summed E-state index contributed by atoms with van der Waals surface area (Å²) in [5.41, 5.74) is 0.613. The second-order valence-electron chi connectivity index (χ2n) is 10.3. The van der Waals surface area contributed by atoms with Crippen LogP contribution >= 0.6 is 11.6 Å². The van der Waals surface area contributed by atoms with Crippen molar-refractivity contribution in [2.24, 2.45) is 5.92 Å². The summed E-state index contributed by atoms with van der Waals surface area (Å²) in [6.07, 6.45) is 1.21. The first-order chi connectivity index (χ1) is 18.6. The number of nitrogens with one attached hydrogen (secondary N) is 4. The Hall–Kier alpha value is -3.59. The van der Waals surface area contributed by atoms with Crippen LogP contribution in [0.3, 0.4) is 0 Å². The number of alkyl carbamates (subject to hydrolysis) is 1. The van der Waals surface area contributed by atoms with E-state index < -0.39 is 17.7 Å². The van der Waals surface area contributed by atoms with Gasteiger partial charge in [-0.1, -0.05) is 74.0 Å². The number of carbonyl (C=O) groups is 3. The van der Waals surface area contributed by atoms with E-state index in [2.05, 4.69) is 29.8 Å². The summed E-state index contributed by atoms with van der Waals surface area (Å²) >= 11 is 6.26. The molecule has 2 aromatic carbocycles. The number of hydrogen-bond donors (Lipinski definition) is 4. The molecule has 3 atom stereocenters. The number of ether oxygens (including phenoxy) is 1. The number of guanidine groups is 1. The lowest BCUT2D eigenvalue weighted by Crippen LogP contribution is -2.50. The van der Waals surface area contributed by atoms with E-state index in [0.717, 1.165) is 11.1 Å². The molecule has 0 bridgehead atoms. The molecule has 4 N–H and O–H groups in total. The lowest BCUT2D eigenvalue weighted by atomic mass is 9.82. The van der Waals surface area contributed by atoms with Gasteiger partial charge in [0.05, 0.1) is 7.11 Å². The molecule has 3 amide bonds. The number of amides is 3. The van der Waals surface area contributed by atoms with E-state index >= 15 is 0 Å². The molecule has 210 valence electrons. The fourth-order valence-corrected chi connectivity index (χ4v) is 5.13. The van der Waals surface area contributed by atoms with Crippen LogP contribution in [0.2, 0.25) is 5.02 Å². The van der Waals surface area contributed by atoms with Gasteiger partial charge in [-0.2, -0.15) is 0 Å². The highest BCUT2D eigenvalue weighted by atomic mass is 35.5. The summed E-state index contributed by atoms with van der Waals surface area (Å²) in [5.74, 6) is -0.170. The van der Waals surface area contributed by atoms with Gasteiger partial charge < -0.3 is 20.7 Å². The Bertz CT molecular complexity index is 1180. The van der Waals surface area contributed by atoms with Gasteiger partial charge in [-0.3, -0.25) is 19.9 Å². The molecule has 1 aliphatic rings. The lowest BCUT2D eigenvalue weighted by Gasteiger charge is -2.29. The second kappa shape index (κ2) is 13.5. The quantitative estimate of drug-likeness (QED) is 0.312. The third-order valence-corrected chi connectivity index (χ3v) is 7.15. The van der Waals surface area contributed by atoms with Crippen LogP contribution in [0, 0.1) is 11.3 Å². The van der Waals surface area contributed by atoms with E-state index in [1.807, 2.05) is 43.3 Å². The summed E-state index contributed by atoms with van der Waals surface area (Å²) < 4.78 is 4.69. The molecular formula is C29H38ClN5O4. The van der Waals surface area contributed by atoms with Crippen LogP contribution in [0.25, 0.3) is 0 Å². The molecule has 10 heteroatoms. The highest BCUT2D eigenvalue weighted by Crippen LogP contribution is 2.35. The number of rotatable bonds is 12. The van der Waals surface area contributed by atoms with Gasteiger partial charge >= 0.3 is 6.09 Å². The van der Waals surface area contributed by atoms with Gasteiger partial charge in [-0.15, -0.1) is 0 Å².